The van der Waals surface area contributed by atoms with Gasteiger partial charge in [0.1, 0.15) is 11.6 Å². The number of rotatable bonds is 8. The van der Waals surface area contributed by atoms with Crippen molar-refractivity contribution in [3.63, 3.8) is 0 Å². The molecule has 3 aromatic rings. The molecule has 0 spiro atoms. The number of amides is 2. The van der Waals surface area contributed by atoms with E-state index in [-0.39, 0.29) is 24.0 Å². The number of ether oxygens (including phenoxy) is 1. The molecule has 8 nitrogen and oxygen atoms in total. The summed E-state index contributed by atoms with van der Waals surface area (Å²) >= 11 is 1.27. The van der Waals surface area contributed by atoms with Crippen molar-refractivity contribution in [3.8, 4) is 5.75 Å². The monoisotopic (exact) mass is 425 g/mol. The van der Waals surface area contributed by atoms with Crippen molar-refractivity contribution in [2.75, 3.05) is 23.5 Å². The van der Waals surface area contributed by atoms with Crippen molar-refractivity contribution in [1.29, 1.82) is 0 Å². The molecule has 0 bridgehead atoms. The number of benzene rings is 2. The topological polar surface area (TPSA) is 98.1 Å². The summed E-state index contributed by atoms with van der Waals surface area (Å²) in [7, 11) is 3.36. The van der Waals surface area contributed by atoms with Crippen LogP contribution in [0, 0.1) is 6.92 Å². The number of nitrogens with zero attached hydrogens (tertiary/aromatic N) is 3. The third-order valence-corrected chi connectivity index (χ3v) is 5.31. The average molecular weight is 426 g/mol. The van der Waals surface area contributed by atoms with E-state index in [4.69, 9.17) is 4.74 Å². The van der Waals surface area contributed by atoms with Gasteiger partial charge in [-0.15, -0.1) is 10.2 Å². The van der Waals surface area contributed by atoms with Crippen molar-refractivity contribution < 1.29 is 14.3 Å². The van der Waals surface area contributed by atoms with Crippen molar-refractivity contribution in [2.45, 2.75) is 18.5 Å². The zero-order valence-electron chi connectivity index (χ0n) is 17.0. The smallest absolute Gasteiger partial charge is 0.234 e. The van der Waals surface area contributed by atoms with Crippen LogP contribution in [0.25, 0.3) is 0 Å². The Morgan fingerprint density at radius 2 is 1.57 bits per heavy atom. The summed E-state index contributed by atoms with van der Waals surface area (Å²) in [5.41, 5.74) is 2.55. The van der Waals surface area contributed by atoms with Gasteiger partial charge >= 0.3 is 0 Å². The fourth-order valence-electron chi connectivity index (χ4n) is 2.61. The molecule has 0 aliphatic heterocycles. The fraction of sp³-hybridized carbons (Fsp3) is 0.238. The second kappa shape index (κ2) is 9.93. The third-order valence-electron chi connectivity index (χ3n) is 4.29. The molecule has 0 fully saturated rings. The predicted octanol–water partition coefficient (Wildman–Crippen LogP) is 3.04. The number of aromatic nitrogens is 3. The second-order valence-corrected chi connectivity index (χ2v) is 7.56. The van der Waals surface area contributed by atoms with Crippen molar-refractivity contribution >= 4 is 35.0 Å². The van der Waals surface area contributed by atoms with Crippen LogP contribution in [0.5, 0.6) is 5.75 Å². The largest absolute Gasteiger partial charge is 0.497 e. The zero-order chi connectivity index (χ0) is 21.5. The van der Waals surface area contributed by atoms with Crippen LogP contribution >= 0.6 is 11.8 Å². The van der Waals surface area contributed by atoms with Crippen molar-refractivity contribution in [1.82, 2.24) is 14.8 Å². The van der Waals surface area contributed by atoms with E-state index in [1.165, 1.54) is 11.8 Å². The van der Waals surface area contributed by atoms with E-state index in [2.05, 4.69) is 20.8 Å². The molecule has 30 heavy (non-hydrogen) atoms. The van der Waals surface area contributed by atoms with Crippen LogP contribution in [0.4, 0.5) is 11.4 Å². The number of thioether (sulfide) groups is 1. The summed E-state index contributed by atoms with van der Waals surface area (Å²) in [5, 5.41) is 14.4. The maximum Gasteiger partial charge on any atom is 0.234 e. The molecule has 0 aliphatic rings. The molecule has 0 unspecified atom stereocenters. The molecule has 0 saturated heterocycles. The van der Waals surface area contributed by atoms with Gasteiger partial charge in [0.15, 0.2) is 5.16 Å². The maximum absolute atomic E-state index is 12.3. The molecule has 0 aliphatic carbocycles. The van der Waals surface area contributed by atoms with E-state index in [1.807, 2.05) is 31.2 Å². The second-order valence-electron chi connectivity index (χ2n) is 6.61. The molecule has 9 heteroatoms. The van der Waals surface area contributed by atoms with Gasteiger partial charge in [-0.1, -0.05) is 29.5 Å². The fourth-order valence-corrected chi connectivity index (χ4v) is 3.34. The van der Waals surface area contributed by atoms with Crippen LogP contribution in [-0.2, 0) is 23.1 Å². The highest BCUT2D eigenvalue weighted by Gasteiger charge is 2.15. The molecule has 0 atom stereocenters. The van der Waals surface area contributed by atoms with E-state index in [0.717, 1.165) is 17.0 Å². The van der Waals surface area contributed by atoms with Crippen molar-refractivity contribution in [2.24, 2.45) is 7.05 Å². The summed E-state index contributed by atoms with van der Waals surface area (Å²) in [4.78, 5) is 24.4. The van der Waals surface area contributed by atoms with Gasteiger partial charge in [0.2, 0.25) is 11.8 Å². The number of hydrogen-bond donors (Lipinski definition) is 2. The molecule has 0 radical (unpaired) electrons. The van der Waals surface area contributed by atoms with Gasteiger partial charge in [0, 0.05) is 18.4 Å². The first-order valence-corrected chi connectivity index (χ1v) is 10.2. The first-order valence-electron chi connectivity index (χ1n) is 9.26. The predicted molar refractivity (Wildman–Crippen MR) is 117 cm³/mol. The molecule has 3 rings (SSSR count). The van der Waals surface area contributed by atoms with Crippen LogP contribution in [0.1, 0.15) is 11.4 Å². The number of aryl methyl sites for hydroxylation is 1. The van der Waals surface area contributed by atoms with Crippen LogP contribution in [0.15, 0.2) is 53.7 Å². The first kappa shape index (κ1) is 21.4. The number of carbonyl (C=O) groups is 2. The normalized spacial score (nSPS) is 10.5. The number of hydrogen-bond acceptors (Lipinski definition) is 6. The van der Waals surface area contributed by atoms with Gasteiger partial charge in [-0.2, -0.15) is 0 Å². The van der Waals surface area contributed by atoms with Crippen LogP contribution < -0.4 is 15.4 Å². The highest BCUT2D eigenvalue weighted by atomic mass is 32.2. The van der Waals surface area contributed by atoms with E-state index in [1.54, 1.807) is 43.0 Å². The Bertz CT molecular complexity index is 1020. The van der Waals surface area contributed by atoms with E-state index >= 15 is 0 Å². The van der Waals surface area contributed by atoms with E-state index < -0.39 is 0 Å². The standard InChI is InChI=1S/C21H23N5O3S/c1-14-4-6-15(7-5-14)23-20(28)13-30-21-25-24-18(26(21)2)12-19(27)22-16-8-10-17(29-3)11-9-16/h4-11H,12-13H2,1-3H3,(H,22,27)(H,23,28). The zero-order valence-corrected chi connectivity index (χ0v) is 17.8. The number of anilines is 2. The number of methoxy groups -OCH3 is 1. The Hall–Kier alpha value is -3.33. The number of carbonyl (C=O) groups excluding carboxylic acids is 2. The summed E-state index contributed by atoms with van der Waals surface area (Å²) in [6.45, 7) is 1.99. The summed E-state index contributed by atoms with van der Waals surface area (Å²) in [6, 6.07) is 14.7. The highest BCUT2D eigenvalue weighted by Crippen LogP contribution is 2.18. The minimum Gasteiger partial charge on any atom is -0.497 e. The molecule has 2 aromatic carbocycles. The molecule has 1 heterocycles. The SMILES string of the molecule is COc1ccc(NC(=O)Cc2nnc(SCC(=O)Nc3ccc(C)cc3)n2C)cc1. The van der Waals surface area contributed by atoms with Gasteiger partial charge in [-0.05, 0) is 43.3 Å². The summed E-state index contributed by atoms with van der Waals surface area (Å²) < 4.78 is 6.82. The van der Waals surface area contributed by atoms with Crippen molar-refractivity contribution in [3.05, 3.63) is 59.9 Å². The summed E-state index contributed by atoms with van der Waals surface area (Å²) in [6.07, 6.45) is 0.0751. The maximum atomic E-state index is 12.3. The van der Waals surface area contributed by atoms with Crippen LogP contribution in [-0.4, -0.2) is 39.4 Å². The van der Waals surface area contributed by atoms with Gasteiger partial charge in [-0.3, -0.25) is 9.59 Å². The molecule has 2 N–H and O–H groups in total. The lowest BCUT2D eigenvalue weighted by atomic mass is 10.2. The molecule has 1 aromatic heterocycles. The van der Waals surface area contributed by atoms with Gasteiger partial charge in [-0.25, -0.2) is 0 Å². The quantitative estimate of drug-likeness (QED) is 0.539. The van der Waals surface area contributed by atoms with Gasteiger partial charge < -0.3 is 19.9 Å². The highest BCUT2D eigenvalue weighted by molar-refractivity contribution is 7.99. The molecule has 0 saturated carbocycles. The van der Waals surface area contributed by atoms with E-state index in [0.29, 0.717) is 16.7 Å². The average Bonchev–Trinajstić information content (AvgIpc) is 3.08. The lowest BCUT2D eigenvalue weighted by molar-refractivity contribution is -0.116. The minimum absolute atomic E-state index is 0.0751. The van der Waals surface area contributed by atoms with E-state index in [9.17, 15) is 9.59 Å². The van der Waals surface area contributed by atoms with Gasteiger partial charge in [0.25, 0.3) is 0 Å². The van der Waals surface area contributed by atoms with Crippen LogP contribution in [0.2, 0.25) is 0 Å². The first-order chi connectivity index (χ1) is 14.4. The summed E-state index contributed by atoms with van der Waals surface area (Å²) in [5.74, 6) is 1.09. The lowest BCUT2D eigenvalue weighted by Crippen LogP contribution is -2.17. The molecular weight excluding hydrogens is 402 g/mol. The third kappa shape index (κ3) is 5.84. The molecular formula is C21H23N5O3S. The van der Waals surface area contributed by atoms with Crippen LogP contribution in [0.3, 0.4) is 0 Å². The van der Waals surface area contributed by atoms with Gasteiger partial charge in [0.05, 0.1) is 19.3 Å². The Balaban J connectivity index is 1.51. The Labute approximate surface area is 179 Å². The Morgan fingerprint density at radius 3 is 2.20 bits per heavy atom. The Kier molecular flexibility index (Phi) is 7.08. The minimum atomic E-state index is -0.204. The number of nitrogens with one attached hydrogen (secondary N) is 2. The molecule has 2 amide bonds. The lowest BCUT2D eigenvalue weighted by Gasteiger charge is -2.07. The Morgan fingerprint density at radius 1 is 0.967 bits per heavy atom. The molecule has 156 valence electrons.